The predicted molar refractivity (Wildman–Crippen MR) is 91.1 cm³/mol. The second-order valence-electron chi connectivity index (χ2n) is 5.98. The third kappa shape index (κ3) is 4.06. The van der Waals surface area contributed by atoms with Crippen molar-refractivity contribution in [2.45, 2.75) is 25.5 Å². The zero-order chi connectivity index (χ0) is 16.9. The van der Waals surface area contributed by atoms with Crippen LogP contribution in [0.2, 0.25) is 0 Å². The molecule has 7 heteroatoms. The first-order valence-corrected chi connectivity index (χ1v) is 7.96. The van der Waals surface area contributed by atoms with Crippen molar-refractivity contribution in [3.05, 3.63) is 58.4 Å². The average molecular weight is 328 g/mol. The number of aromatic nitrogens is 1. The summed E-state index contributed by atoms with van der Waals surface area (Å²) in [5, 5.41) is 23.7. The molecule has 0 saturated carbocycles. The molecule has 7 nitrogen and oxygen atoms in total. The van der Waals surface area contributed by atoms with Crippen LogP contribution >= 0.6 is 0 Å². The Bertz CT molecular complexity index is 714. The van der Waals surface area contributed by atoms with Crippen molar-refractivity contribution in [1.82, 2.24) is 9.88 Å². The van der Waals surface area contributed by atoms with Gasteiger partial charge >= 0.3 is 5.69 Å². The molecule has 1 fully saturated rings. The molecule has 0 bridgehead atoms. The molecule has 1 aliphatic heterocycles. The van der Waals surface area contributed by atoms with Gasteiger partial charge in [0.05, 0.1) is 11.0 Å². The lowest BCUT2D eigenvalue weighted by Crippen LogP contribution is -2.35. The topological polar surface area (TPSA) is 91.5 Å². The molecule has 0 unspecified atom stereocenters. The van der Waals surface area contributed by atoms with Crippen LogP contribution in [0, 0.1) is 10.1 Å². The van der Waals surface area contributed by atoms with Gasteiger partial charge in [0.25, 0.3) is 0 Å². The highest BCUT2D eigenvalue weighted by Crippen LogP contribution is 2.26. The monoisotopic (exact) mass is 328 g/mol. The van der Waals surface area contributed by atoms with Crippen LogP contribution in [-0.4, -0.2) is 39.1 Å². The van der Waals surface area contributed by atoms with Crippen LogP contribution in [0.1, 0.15) is 18.4 Å². The molecule has 1 aliphatic rings. The van der Waals surface area contributed by atoms with Gasteiger partial charge in [-0.2, -0.15) is 0 Å². The number of likely N-dealkylation sites (tertiary alicyclic amines) is 1. The van der Waals surface area contributed by atoms with E-state index in [1.54, 1.807) is 6.07 Å². The molecule has 24 heavy (non-hydrogen) atoms. The van der Waals surface area contributed by atoms with Gasteiger partial charge in [-0.05, 0) is 36.6 Å². The number of aliphatic hydroxyl groups excluding tert-OH is 1. The van der Waals surface area contributed by atoms with Gasteiger partial charge in [0, 0.05) is 31.5 Å². The van der Waals surface area contributed by atoms with E-state index in [2.05, 4.69) is 15.2 Å². The van der Waals surface area contributed by atoms with Gasteiger partial charge in [0.1, 0.15) is 11.9 Å². The first-order valence-electron chi connectivity index (χ1n) is 7.96. The van der Waals surface area contributed by atoms with E-state index in [1.165, 1.54) is 12.4 Å². The SMILES string of the molecule is O=[N+]([O-])c1cnccc1Nc1cccc(CN2CCC(O)CC2)c1. The highest BCUT2D eigenvalue weighted by molar-refractivity contribution is 5.68. The molecule has 2 N–H and O–H groups in total. The molecule has 0 spiro atoms. The molecule has 0 amide bonds. The second kappa shape index (κ2) is 7.37. The van der Waals surface area contributed by atoms with Gasteiger partial charge < -0.3 is 10.4 Å². The van der Waals surface area contributed by atoms with E-state index in [0.29, 0.717) is 5.69 Å². The van der Waals surface area contributed by atoms with Gasteiger partial charge in [0.2, 0.25) is 0 Å². The Hall–Kier alpha value is -2.51. The normalized spacial score (nSPS) is 16.0. The Kier molecular flexibility index (Phi) is 5.02. The Labute approximate surface area is 140 Å². The van der Waals surface area contributed by atoms with Gasteiger partial charge in [-0.3, -0.25) is 20.0 Å². The third-order valence-electron chi connectivity index (χ3n) is 4.17. The van der Waals surface area contributed by atoms with Crippen molar-refractivity contribution < 1.29 is 10.0 Å². The lowest BCUT2D eigenvalue weighted by atomic mass is 10.1. The summed E-state index contributed by atoms with van der Waals surface area (Å²) in [5.41, 5.74) is 2.31. The molecule has 2 aromatic rings. The number of benzene rings is 1. The van der Waals surface area contributed by atoms with Crippen LogP contribution in [0.4, 0.5) is 17.1 Å². The number of aliphatic hydroxyl groups is 1. The van der Waals surface area contributed by atoms with Crippen molar-refractivity contribution >= 4 is 17.1 Å². The summed E-state index contributed by atoms with van der Waals surface area (Å²) in [6.45, 7) is 2.57. The number of piperidine rings is 1. The Morgan fingerprint density at radius 3 is 2.88 bits per heavy atom. The number of nitrogens with one attached hydrogen (secondary N) is 1. The van der Waals surface area contributed by atoms with Gasteiger partial charge in [-0.15, -0.1) is 0 Å². The third-order valence-corrected chi connectivity index (χ3v) is 4.17. The smallest absolute Gasteiger partial charge is 0.310 e. The molecule has 3 rings (SSSR count). The minimum Gasteiger partial charge on any atom is -0.393 e. The van der Waals surface area contributed by atoms with Crippen LogP contribution in [0.25, 0.3) is 0 Å². The number of pyridine rings is 1. The minimum atomic E-state index is -0.446. The van der Waals surface area contributed by atoms with Gasteiger partial charge in [-0.1, -0.05) is 12.1 Å². The molecular formula is C17H20N4O3. The van der Waals surface area contributed by atoms with E-state index in [-0.39, 0.29) is 11.8 Å². The number of nitro groups is 1. The van der Waals surface area contributed by atoms with E-state index in [9.17, 15) is 15.2 Å². The van der Waals surface area contributed by atoms with Crippen LogP contribution < -0.4 is 5.32 Å². The maximum atomic E-state index is 11.1. The van der Waals surface area contributed by atoms with Crippen LogP contribution in [0.3, 0.4) is 0 Å². The van der Waals surface area contributed by atoms with Crippen LogP contribution in [-0.2, 0) is 6.54 Å². The molecule has 1 aromatic carbocycles. The first kappa shape index (κ1) is 16.4. The standard InChI is InChI=1S/C17H20N4O3/c22-15-5-8-20(9-6-15)12-13-2-1-3-14(10-13)19-16-4-7-18-11-17(16)21(23)24/h1-4,7,10-11,15,22H,5-6,8-9,12H2,(H,18,19). The van der Waals surface area contributed by atoms with E-state index in [0.717, 1.165) is 43.7 Å². The summed E-state index contributed by atoms with van der Waals surface area (Å²) < 4.78 is 0. The summed E-state index contributed by atoms with van der Waals surface area (Å²) >= 11 is 0. The minimum absolute atomic E-state index is 0.0482. The van der Waals surface area contributed by atoms with Crippen LogP contribution in [0.5, 0.6) is 0 Å². The van der Waals surface area contributed by atoms with Crippen molar-refractivity contribution in [2.24, 2.45) is 0 Å². The molecule has 1 saturated heterocycles. The van der Waals surface area contributed by atoms with E-state index in [1.807, 2.05) is 24.3 Å². The summed E-state index contributed by atoms with van der Waals surface area (Å²) in [4.78, 5) is 16.7. The summed E-state index contributed by atoms with van der Waals surface area (Å²) in [6.07, 6.45) is 4.20. The van der Waals surface area contributed by atoms with Gasteiger partial charge in [0.15, 0.2) is 0 Å². The molecule has 0 atom stereocenters. The highest BCUT2D eigenvalue weighted by Gasteiger charge is 2.17. The van der Waals surface area contributed by atoms with Crippen molar-refractivity contribution in [1.29, 1.82) is 0 Å². The number of anilines is 2. The van der Waals surface area contributed by atoms with Gasteiger partial charge in [-0.25, -0.2) is 0 Å². The lowest BCUT2D eigenvalue weighted by Gasteiger charge is -2.29. The summed E-state index contributed by atoms with van der Waals surface area (Å²) in [7, 11) is 0. The van der Waals surface area contributed by atoms with Crippen molar-refractivity contribution in [3.63, 3.8) is 0 Å². The quantitative estimate of drug-likeness (QED) is 0.648. The fraction of sp³-hybridized carbons (Fsp3) is 0.353. The molecular weight excluding hydrogens is 308 g/mol. The largest absolute Gasteiger partial charge is 0.393 e. The number of hydrogen-bond acceptors (Lipinski definition) is 6. The number of nitrogens with zero attached hydrogens (tertiary/aromatic N) is 3. The number of hydrogen-bond donors (Lipinski definition) is 2. The van der Waals surface area contributed by atoms with E-state index >= 15 is 0 Å². The molecule has 1 aromatic heterocycles. The maximum absolute atomic E-state index is 11.1. The predicted octanol–water partition coefficient (Wildman–Crippen LogP) is 2.69. The maximum Gasteiger partial charge on any atom is 0.310 e. The zero-order valence-corrected chi connectivity index (χ0v) is 13.3. The average Bonchev–Trinajstić information content (AvgIpc) is 2.58. The summed E-state index contributed by atoms with van der Waals surface area (Å²) in [6, 6.07) is 9.44. The first-order chi connectivity index (χ1) is 11.6. The molecule has 0 radical (unpaired) electrons. The van der Waals surface area contributed by atoms with Crippen LogP contribution in [0.15, 0.2) is 42.7 Å². The lowest BCUT2D eigenvalue weighted by molar-refractivity contribution is -0.384. The fourth-order valence-corrected chi connectivity index (χ4v) is 2.88. The fourth-order valence-electron chi connectivity index (χ4n) is 2.88. The molecule has 126 valence electrons. The second-order valence-corrected chi connectivity index (χ2v) is 5.98. The Balaban J connectivity index is 1.71. The molecule has 2 heterocycles. The van der Waals surface area contributed by atoms with E-state index in [4.69, 9.17) is 0 Å². The number of rotatable bonds is 5. The highest BCUT2D eigenvalue weighted by atomic mass is 16.6. The Morgan fingerprint density at radius 1 is 1.33 bits per heavy atom. The van der Waals surface area contributed by atoms with Crippen molar-refractivity contribution in [2.75, 3.05) is 18.4 Å². The van der Waals surface area contributed by atoms with E-state index < -0.39 is 4.92 Å². The zero-order valence-electron chi connectivity index (χ0n) is 13.3. The molecule has 0 aliphatic carbocycles. The Morgan fingerprint density at radius 2 is 2.12 bits per heavy atom. The summed E-state index contributed by atoms with van der Waals surface area (Å²) in [5.74, 6) is 0. The van der Waals surface area contributed by atoms with Crippen molar-refractivity contribution in [3.8, 4) is 0 Å².